The second-order valence-electron chi connectivity index (χ2n) is 23.0. The molecule has 510 valence electrons. The Morgan fingerprint density at radius 1 is 0.462 bits per heavy atom. The zero-order valence-electron chi connectivity index (χ0n) is 48.8. The Morgan fingerprint density at radius 3 is 1.08 bits per heavy atom. The lowest BCUT2D eigenvalue weighted by Gasteiger charge is -2.26. The van der Waals surface area contributed by atoms with E-state index in [-0.39, 0.29) is 92.1 Å². The third-order valence-electron chi connectivity index (χ3n) is 16.2. The molecule has 0 aliphatic carbocycles. The average Bonchev–Trinajstić information content (AvgIpc) is 1.69. The first-order chi connectivity index (χ1) is 42.0. The van der Waals surface area contributed by atoms with Crippen molar-refractivity contribution in [2.75, 3.05) is 78.5 Å². The largest absolute Gasteiger partial charge is 0.434 e. The number of nitrogens with zero attached hydrogens (tertiary/aromatic N) is 11. The summed E-state index contributed by atoms with van der Waals surface area (Å²) in [6, 6.07) is 0. The summed E-state index contributed by atoms with van der Waals surface area (Å²) in [6.07, 6.45) is -46.8. The first-order valence-corrected chi connectivity index (χ1v) is 28.1. The van der Waals surface area contributed by atoms with Crippen molar-refractivity contribution in [3.05, 3.63) is 52.4 Å². The number of Topliss-reactive ketones (excluding diaryl/α,β-unsaturated/α-hetero) is 3. The molecule has 21 nitrogen and oxygen atoms in total. The molecule has 0 aromatic carbocycles. The van der Waals surface area contributed by atoms with E-state index < -0.39 is 73.6 Å². The third kappa shape index (κ3) is 17.6. The maximum atomic E-state index is 12.6. The second-order valence-corrected chi connectivity index (χ2v) is 23.0. The van der Waals surface area contributed by atoms with Gasteiger partial charge in [-0.05, 0) is 49.4 Å². The Bertz CT molecular complexity index is 2920. The van der Waals surface area contributed by atoms with Crippen molar-refractivity contribution in [1.82, 2.24) is 59.2 Å². The van der Waals surface area contributed by atoms with E-state index >= 15 is 0 Å². The molecule has 3 aromatic heterocycles. The van der Waals surface area contributed by atoms with E-state index in [1.807, 2.05) is 28.5 Å². The molecular weight excluding hydrogens is 1280 g/mol. The number of halogens is 18. The number of fused-ring (bicyclic) bond motifs is 3. The molecule has 6 fully saturated rings. The highest BCUT2D eigenvalue weighted by Gasteiger charge is 2.63. The Balaban J connectivity index is 0.000000194. The number of nitrogens with one attached hydrogen (secondary N) is 1. The van der Waals surface area contributed by atoms with Gasteiger partial charge in [0.05, 0.1) is 12.4 Å². The highest BCUT2D eigenvalue weighted by atomic mass is 19.4. The van der Waals surface area contributed by atoms with Gasteiger partial charge in [0.15, 0.2) is 17.3 Å². The second kappa shape index (κ2) is 27.3. The molecule has 6 aliphatic rings. The minimum atomic E-state index is -5.74. The van der Waals surface area contributed by atoms with Crippen molar-refractivity contribution in [1.29, 1.82) is 0 Å². The van der Waals surface area contributed by atoms with Crippen LogP contribution in [0.1, 0.15) is 82.8 Å². The maximum Gasteiger partial charge on any atom is 0.434 e. The van der Waals surface area contributed by atoms with E-state index in [0.29, 0.717) is 94.6 Å². The number of aromatic amines is 1. The molecule has 6 atom stereocenters. The van der Waals surface area contributed by atoms with Crippen molar-refractivity contribution >= 4 is 35.6 Å². The van der Waals surface area contributed by atoms with Crippen LogP contribution in [-0.4, -0.2) is 229 Å². The number of carbonyl (C=O) groups is 6. The van der Waals surface area contributed by atoms with E-state index in [1.54, 1.807) is 21.8 Å². The number of hydrogen-bond donors (Lipinski definition) is 1. The van der Waals surface area contributed by atoms with E-state index in [2.05, 4.69) is 34.6 Å². The van der Waals surface area contributed by atoms with Gasteiger partial charge in [-0.15, -0.1) is 0 Å². The number of carbonyl (C=O) groups excluding carboxylic acids is 6. The smallest absolute Gasteiger partial charge is 0.426 e. The van der Waals surface area contributed by atoms with Crippen molar-refractivity contribution in [2.24, 2.45) is 35.5 Å². The fourth-order valence-electron chi connectivity index (χ4n) is 12.3. The molecule has 3 aromatic rings. The molecule has 1 N–H and O–H groups in total. The monoisotopic (exact) mass is 1340 g/mol. The highest BCUT2D eigenvalue weighted by molar-refractivity contribution is 5.94. The molecule has 0 spiro atoms. The molecule has 0 bridgehead atoms. The summed E-state index contributed by atoms with van der Waals surface area (Å²) < 4.78 is 241. The summed E-state index contributed by atoms with van der Waals surface area (Å²) in [5.74, 6) is -1.10. The number of ketones is 3. The summed E-state index contributed by atoms with van der Waals surface area (Å²) >= 11 is 0. The molecule has 0 radical (unpaired) electrons. The van der Waals surface area contributed by atoms with E-state index in [0.717, 1.165) is 25.8 Å². The van der Waals surface area contributed by atoms with Crippen molar-refractivity contribution in [2.45, 2.75) is 123 Å². The van der Waals surface area contributed by atoms with Crippen LogP contribution in [0.2, 0.25) is 0 Å². The van der Waals surface area contributed by atoms with Gasteiger partial charge in [-0.2, -0.15) is 94.3 Å². The van der Waals surface area contributed by atoms with E-state index in [4.69, 9.17) is 0 Å². The number of aryl methyl sites for hydroxylation is 2. The Labute approximate surface area is 505 Å². The first kappa shape index (κ1) is 71.5. The molecule has 39 heteroatoms. The number of amides is 3. The Hall–Kier alpha value is -6.93. The normalized spacial score (nSPS) is 22.5. The zero-order chi connectivity index (χ0) is 67.8. The summed E-state index contributed by atoms with van der Waals surface area (Å²) in [6.45, 7) is 13.4. The number of likely N-dealkylation sites (tertiary alicyclic amines) is 6. The van der Waals surface area contributed by atoms with Gasteiger partial charge in [0.1, 0.15) is 17.1 Å². The molecule has 91 heavy (non-hydrogen) atoms. The van der Waals surface area contributed by atoms with Gasteiger partial charge >= 0.3 is 55.3 Å². The van der Waals surface area contributed by atoms with Crippen LogP contribution in [0.4, 0.5) is 93.4 Å². The minimum Gasteiger partial charge on any atom is -0.426 e. The summed E-state index contributed by atoms with van der Waals surface area (Å²) in [4.78, 5) is 79.8. The lowest BCUT2D eigenvalue weighted by atomic mass is 10.0. The van der Waals surface area contributed by atoms with Crippen LogP contribution in [0, 0.1) is 35.5 Å². The molecule has 3 amide bonds. The Morgan fingerprint density at radius 2 is 0.791 bits per heavy atom. The highest BCUT2D eigenvalue weighted by Crippen LogP contribution is 2.42. The quantitative estimate of drug-likeness (QED) is 0.0907. The molecule has 9 rings (SSSR count). The van der Waals surface area contributed by atoms with Crippen LogP contribution in [0.5, 0.6) is 0 Å². The number of alkyl halides is 18. The van der Waals surface area contributed by atoms with Crippen LogP contribution in [-0.2, 0) is 46.9 Å². The lowest BCUT2D eigenvalue weighted by molar-refractivity contribution is -0.309. The molecule has 6 saturated heterocycles. The number of aromatic nitrogens is 6. The van der Waals surface area contributed by atoms with Crippen LogP contribution in [0.15, 0.2) is 18.6 Å². The van der Waals surface area contributed by atoms with E-state index in [9.17, 15) is 108 Å². The summed E-state index contributed by atoms with van der Waals surface area (Å²) in [5, 5.41) is 14.9. The van der Waals surface area contributed by atoms with Gasteiger partial charge in [0.25, 0.3) is 18.3 Å². The number of ether oxygens (including phenoxy) is 3. The van der Waals surface area contributed by atoms with Crippen LogP contribution >= 0.6 is 0 Å². The minimum absolute atomic E-state index is 0.00733. The van der Waals surface area contributed by atoms with Gasteiger partial charge in [-0.25, -0.2) is 14.4 Å². The summed E-state index contributed by atoms with van der Waals surface area (Å²) in [5.41, 5.74) is 3.47. The van der Waals surface area contributed by atoms with Gasteiger partial charge in [0.2, 0.25) is 0 Å². The van der Waals surface area contributed by atoms with Crippen molar-refractivity contribution < 1.29 is 122 Å². The SMILES string of the molecule is CC(=O)c1[nH]ncc1CN1CC2CN(C(=O)OC(C(F)(F)F)C(F)(F)F)CC2C1.CCn1cc(CN2CC3CN(C(=O)OC(C(F)(F)F)C(F)(F)F)CC3C2)c(C(C)=O)n1.CCn1ncc(CN2CC3CN(C(=O)OC(C(F)(F)F)C(F)(F)F)CC3C2)c1C(C)=O. The molecule has 6 aliphatic heterocycles. The van der Waals surface area contributed by atoms with Gasteiger partial charge in [-0.3, -0.25) is 43.5 Å². The topological polar surface area (TPSA) is 214 Å². The van der Waals surface area contributed by atoms with Gasteiger partial charge < -0.3 is 28.9 Å². The lowest BCUT2D eigenvalue weighted by Crippen LogP contribution is -2.48. The third-order valence-corrected chi connectivity index (χ3v) is 16.2. The molecular formula is C52H62F18N12O9. The number of hydrogen-bond acceptors (Lipinski definition) is 15. The number of rotatable bonds is 14. The van der Waals surface area contributed by atoms with Crippen molar-refractivity contribution in [3.63, 3.8) is 0 Å². The van der Waals surface area contributed by atoms with Crippen LogP contribution in [0.25, 0.3) is 0 Å². The predicted molar refractivity (Wildman–Crippen MR) is 273 cm³/mol. The molecule has 6 unspecified atom stereocenters. The number of H-pyrrole nitrogens is 1. The van der Waals surface area contributed by atoms with Gasteiger partial charge in [0, 0.05) is 155 Å². The summed E-state index contributed by atoms with van der Waals surface area (Å²) in [7, 11) is 0. The van der Waals surface area contributed by atoms with Crippen molar-refractivity contribution in [3.8, 4) is 0 Å². The van der Waals surface area contributed by atoms with Crippen LogP contribution < -0.4 is 0 Å². The first-order valence-electron chi connectivity index (χ1n) is 28.1. The molecule has 0 saturated carbocycles. The van der Waals surface area contributed by atoms with Gasteiger partial charge in [-0.1, -0.05) is 0 Å². The standard InChI is InChI=1S/2C18H22F6N4O3.C16H18F6N4O3/c1-3-28-9-13(14(25-28)10(2)29)6-26-4-11-7-27(8-12(11)5-26)16(30)31-15(17(19,20)21)18(22,23)24;1-3-28-14(10(2)29)11(4-25-28)5-26-6-12-8-27(9-13(12)7-26)16(30)31-15(17(19,20)21)18(22,23)24;1-8(27)12-9(2-23-24-12)3-25-4-10-6-26(7-11(10)5-25)14(28)29-13(15(17,18)19)16(20,21)22/h9,11-12,15H,3-8H2,1-2H3;4,12-13,15H,3,5-9H2,1-2H3;2,10-11,13H,3-7H2,1H3,(H,23,24). The fourth-order valence-corrected chi connectivity index (χ4v) is 12.3. The van der Waals surface area contributed by atoms with Crippen LogP contribution in [0.3, 0.4) is 0 Å². The fraction of sp³-hybridized carbons (Fsp3) is 0.712. The predicted octanol–water partition coefficient (Wildman–Crippen LogP) is 8.80. The average molecular weight is 1340 g/mol. The zero-order valence-corrected chi connectivity index (χ0v) is 48.8. The maximum absolute atomic E-state index is 12.6. The Kier molecular flexibility index (Phi) is 21.5. The molecule has 9 heterocycles. The van der Waals surface area contributed by atoms with E-state index in [1.165, 1.54) is 27.0 Å².